The fourth-order valence-corrected chi connectivity index (χ4v) is 7.34. The fourth-order valence-electron chi connectivity index (χ4n) is 4.23. The first-order valence-corrected chi connectivity index (χ1v) is 15.5. The van der Waals surface area contributed by atoms with Gasteiger partial charge in [0.25, 0.3) is 5.91 Å². The van der Waals surface area contributed by atoms with Crippen LogP contribution in [-0.4, -0.2) is 67.5 Å². The lowest BCUT2D eigenvalue weighted by Gasteiger charge is -2.21. The Balaban J connectivity index is 1.70. The molecule has 9 nitrogen and oxygen atoms in total. The predicted molar refractivity (Wildman–Crippen MR) is 145 cm³/mol. The molecular weight excluding hydrogens is 534 g/mol. The average Bonchev–Trinajstić information content (AvgIpc) is 3.53. The van der Waals surface area contributed by atoms with Crippen LogP contribution in [0.1, 0.15) is 30.1 Å². The number of benzene rings is 2. The molecule has 12 heteroatoms. The summed E-state index contributed by atoms with van der Waals surface area (Å²) in [6.07, 6.45) is 2.97. The smallest absolute Gasteiger partial charge is 0.338 e. The summed E-state index contributed by atoms with van der Waals surface area (Å²) in [5, 5.41) is 0. The van der Waals surface area contributed by atoms with E-state index in [1.807, 2.05) is 16.9 Å². The van der Waals surface area contributed by atoms with E-state index in [4.69, 9.17) is 9.47 Å². The molecule has 1 aromatic heterocycles. The zero-order valence-electron chi connectivity index (χ0n) is 20.9. The number of carbonyl (C=O) groups is 2. The average molecular weight is 564 g/mol. The number of aromatic nitrogens is 1. The van der Waals surface area contributed by atoms with Crippen LogP contribution in [0.2, 0.25) is 0 Å². The molecule has 2 heterocycles. The topological polar surface area (TPSA) is 107 Å². The van der Waals surface area contributed by atoms with Crippen molar-refractivity contribution < 1.29 is 27.5 Å². The van der Waals surface area contributed by atoms with Crippen molar-refractivity contribution in [3.05, 3.63) is 52.8 Å². The third-order valence-corrected chi connectivity index (χ3v) is 9.63. The Kier molecular flexibility index (Phi) is 8.73. The van der Waals surface area contributed by atoms with Gasteiger partial charge in [-0.2, -0.15) is 21.1 Å². The molecule has 1 unspecified atom stereocenters. The second-order valence-corrected chi connectivity index (χ2v) is 12.2. The Hall–Kier alpha value is -2.67. The van der Waals surface area contributed by atoms with Gasteiger partial charge in [-0.15, -0.1) is 0 Å². The molecule has 4 rings (SSSR count). The number of sulfonamides is 1. The molecule has 0 bridgehead atoms. The van der Waals surface area contributed by atoms with Crippen LogP contribution >= 0.6 is 23.1 Å². The quantitative estimate of drug-likeness (QED) is 0.367. The van der Waals surface area contributed by atoms with Crippen molar-refractivity contribution in [1.82, 2.24) is 8.87 Å². The fraction of sp³-hybridized carbons (Fsp3) is 0.400. The van der Waals surface area contributed by atoms with Gasteiger partial charge in [0.05, 0.1) is 34.4 Å². The first-order chi connectivity index (χ1) is 17.8. The molecule has 1 amide bonds. The first-order valence-electron chi connectivity index (χ1n) is 11.8. The van der Waals surface area contributed by atoms with Gasteiger partial charge in [-0.3, -0.25) is 4.79 Å². The van der Waals surface area contributed by atoms with Gasteiger partial charge in [0, 0.05) is 18.8 Å². The van der Waals surface area contributed by atoms with Crippen LogP contribution in [0, 0.1) is 0 Å². The number of ether oxygens (including phenoxy) is 2. The van der Waals surface area contributed by atoms with E-state index >= 15 is 0 Å². The number of nitrogens with zero attached hydrogens (tertiary/aromatic N) is 3. The van der Waals surface area contributed by atoms with E-state index < -0.39 is 27.9 Å². The maximum atomic E-state index is 13.4. The second-order valence-electron chi connectivity index (χ2n) is 8.33. The summed E-state index contributed by atoms with van der Waals surface area (Å²) < 4.78 is 40.9. The van der Waals surface area contributed by atoms with Crippen LogP contribution in [0.4, 0.5) is 0 Å². The van der Waals surface area contributed by atoms with E-state index in [-0.39, 0.29) is 18.0 Å². The second kappa shape index (κ2) is 11.8. The molecule has 1 atom stereocenters. The van der Waals surface area contributed by atoms with Crippen molar-refractivity contribution in [2.24, 2.45) is 4.99 Å². The maximum Gasteiger partial charge on any atom is 0.338 e. The molecule has 0 N–H and O–H groups in total. The largest absolute Gasteiger partial charge is 0.497 e. The molecule has 0 saturated carbocycles. The Morgan fingerprint density at radius 1 is 1.19 bits per heavy atom. The minimum atomic E-state index is -3.88. The van der Waals surface area contributed by atoms with Gasteiger partial charge in [-0.25, -0.2) is 13.2 Å². The van der Waals surface area contributed by atoms with E-state index in [2.05, 4.69) is 4.99 Å². The van der Waals surface area contributed by atoms with Crippen LogP contribution < -0.4 is 9.54 Å². The highest BCUT2D eigenvalue weighted by molar-refractivity contribution is 7.98. The third-order valence-electron chi connectivity index (χ3n) is 6.07. The Bertz CT molecular complexity index is 1460. The van der Waals surface area contributed by atoms with Crippen LogP contribution in [0.15, 0.2) is 52.4 Å². The molecule has 1 aliphatic rings. The monoisotopic (exact) mass is 563 g/mol. The number of fused-ring (bicyclic) bond motifs is 1. The lowest BCUT2D eigenvalue weighted by molar-refractivity contribution is -0.121. The molecule has 0 spiro atoms. The zero-order valence-corrected chi connectivity index (χ0v) is 23.3. The van der Waals surface area contributed by atoms with Gasteiger partial charge in [0.1, 0.15) is 11.8 Å². The Morgan fingerprint density at radius 3 is 2.62 bits per heavy atom. The summed E-state index contributed by atoms with van der Waals surface area (Å²) in [5.41, 5.74) is 1.28. The van der Waals surface area contributed by atoms with Crippen LogP contribution in [0.25, 0.3) is 10.2 Å². The van der Waals surface area contributed by atoms with Gasteiger partial charge in [-0.05, 0) is 68.5 Å². The highest BCUT2D eigenvalue weighted by atomic mass is 32.2. The number of carbonyl (C=O) groups excluding carboxylic acids is 2. The highest BCUT2D eigenvalue weighted by Gasteiger charge is 2.39. The summed E-state index contributed by atoms with van der Waals surface area (Å²) in [4.78, 5) is 30.6. The normalized spacial score (nSPS) is 16.8. The van der Waals surface area contributed by atoms with Gasteiger partial charge >= 0.3 is 5.97 Å². The molecule has 3 aromatic rings. The number of amides is 1. The maximum absolute atomic E-state index is 13.4. The van der Waals surface area contributed by atoms with Gasteiger partial charge in [0.15, 0.2) is 4.80 Å². The van der Waals surface area contributed by atoms with Gasteiger partial charge < -0.3 is 14.0 Å². The molecule has 1 aliphatic heterocycles. The summed E-state index contributed by atoms with van der Waals surface area (Å²) in [6.45, 7) is 2.90. The first kappa shape index (κ1) is 27.4. The number of esters is 1. The van der Waals surface area contributed by atoms with E-state index in [9.17, 15) is 18.0 Å². The number of hydrogen-bond donors (Lipinski definition) is 0. The van der Waals surface area contributed by atoms with Gasteiger partial charge in [-0.1, -0.05) is 11.3 Å². The summed E-state index contributed by atoms with van der Waals surface area (Å²) in [5.74, 6) is 0.445. The van der Waals surface area contributed by atoms with E-state index in [1.54, 1.807) is 43.0 Å². The lowest BCUT2D eigenvalue weighted by Crippen LogP contribution is -2.40. The van der Waals surface area contributed by atoms with Crippen molar-refractivity contribution in [3.8, 4) is 5.75 Å². The van der Waals surface area contributed by atoms with E-state index in [1.165, 1.54) is 34.9 Å². The molecule has 2 aromatic carbocycles. The molecular formula is C25H29N3O6S3. The Morgan fingerprint density at radius 2 is 1.95 bits per heavy atom. The van der Waals surface area contributed by atoms with E-state index in [0.29, 0.717) is 35.5 Å². The number of hydrogen-bond acceptors (Lipinski definition) is 8. The molecule has 198 valence electrons. The molecule has 1 fully saturated rings. The van der Waals surface area contributed by atoms with Crippen LogP contribution in [-0.2, 0) is 26.1 Å². The van der Waals surface area contributed by atoms with Crippen molar-refractivity contribution in [2.75, 3.05) is 32.3 Å². The van der Waals surface area contributed by atoms with E-state index in [0.717, 1.165) is 16.0 Å². The zero-order chi connectivity index (χ0) is 26.6. The number of thioether (sulfide) groups is 1. The predicted octanol–water partition coefficient (Wildman–Crippen LogP) is 3.53. The van der Waals surface area contributed by atoms with Crippen LogP contribution in [0.3, 0.4) is 0 Å². The van der Waals surface area contributed by atoms with Gasteiger partial charge in [0.2, 0.25) is 10.0 Å². The SMILES string of the molecule is CCOC(=O)c1ccc2c(c1)sc(=NC(=O)C1CCCN1S(=O)(=O)c1ccc(OC)cc1)n2CCSC. The number of rotatable bonds is 9. The minimum Gasteiger partial charge on any atom is -0.497 e. The lowest BCUT2D eigenvalue weighted by atomic mass is 10.2. The summed E-state index contributed by atoms with van der Waals surface area (Å²) in [6, 6.07) is 10.5. The van der Waals surface area contributed by atoms with Crippen molar-refractivity contribution in [2.45, 2.75) is 37.2 Å². The highest BCUT2D eigenvalue weighted by Crippen LogP contribution is 2.28. The molecule has 1 saturated heterocycles. The molecule has 0 aliphatic carbocycles. The summed E-state index contributed by atoms with van der Waals surface area (Å²) in [7, 11) is -2.37. The third kappa shape index (κ3) is 5.77. The number of methoxy groups -OCH3 is 1. The van der Waals surface area contributed by atoms with Crippen LogP contribution in [0.5, 0.6) is 5.75 Å². The van der Waals surface area contributed by atoms with Crippen molar-refractivity contribution in [3.63, 3.8) is 0 Å². The number of thiazole rings is 1. The Labute approximate surface area is 224 Å². The minimum absolute atomic E-state index is 0.108. The molecule has 0 radical (unpaired) electrons. The summed E-state index contributed by atoms with van der Waals surface area (Å²) >= 11 is 2.96. The number of aryl methyl sites for hydroxylation is 1. The molecule has 37 heavy (non-hydrogen) atoms. The van der Waals surface area contributed by atoms with Crippen molar-refractivity contribution in [1.29, 1.82) is 0 Å². The van der Waals surface area contributed by atoms with Crippen molar-refractivity contribution >= 4 is 55.2 Å². The standard InChI is InChI=1S/C25H29N3O6S3/c1-4-34-24(30)17-7-12-20-22(16-17)36-25(27(20)14-15-35-3)26-23(29)21-6-5-13-28(21)37(31,32)19-10-8-18(33-2)9-11-19/h7-12,16,21H,4-6,13-15H2,1-3H3.